The Hall–Kier alpha value is -1.30. The standard InChI is InChI=1S/C11H13F3N2S/c12-11(13,14)6-1-7-16-9-4-2-8(3-5-9)10(15)17/h2-5,16H,1,6-7H2,(H2,15,17). The average Bonchev–Trinajstić information content (AvgIpc) is 2.24. The molecule has 3 N–H and O–H groups in total. The van der Waals surface area contributed by atoms with E-state index in [-0.39, 0.29) is 13.0 Å². The van der Waals surface area contributed by atoms with Gasteiger partial charge in [-0.2, -0.15) is 13.2 Å². The third-order valence-corrected chi connectivity index (χ3v) is 2.37. The smallest absolute Gasteiger partial charge is 0.389 e. The Balaban J connectivity index is 2.35. The van der Waals surface area contributed by atoms with Gasteiger partial charge in [0.15, 0.2) is 0 Å². The van der Waals surface area contributed by atoms with Crippen LogP contribution in [0.3, 0.4) is 0 Å². The molecule has 0 aliphatic heterocycles. The fourth-order valence-corrected chi connectivity index (χ4v) is 1.41. The van der Waals surface area contributed by atoms with Crippen molar-refractivity contribution in [3.63, 3.8) is 0 Å². The van der Waals surface area contributed by atoms with E-state index in [1.807, 2.05) is 0 Å². The molecule has 1 aromatic rings. The molecule has 0 aliphatic carbocycles. The maximum atomic E-state index is 11.9. The molecule has 0 heterocycles. The van der Waals surface area contributed by atoms with Crippen LogP contribution in [0.1, 0.15) is 18.4 Å². The van der Waals surface area contributed by atoms with E-state index >= 15 is 0 Å². The molecule has 1 aromatic carbocycles. The zero-order chi connectivity index (χ0) is 12.9. The molecule has 0 bridgehead atoms. The SMILES string of the molecule is NC(=S)c1ccc(NCCCC(F)(F)F)cc1. The van der Waals surface area contributed by atoms with E-state index in [9.17, 15) is 13.2 Å². The Kier molecular flexibility index (Phi) is 4.74. The van der Waals surface area contributed by atoms with Gasteiger partial charge in [0.2, 0.25) is 0 Å². The number of hydrogen-bond donors (Lipinski definition) is 2. The second-order valence-electron chi connectivity index (χ2n) is 3.59. The second-order valence-corrected chi connectivity index (χ2v) is 4.03. The molecule has 0 atom stereocenters. The van der Waals surface area contributed by atoms with Crippen LogP contribution in [0.15, 0.2) is 24.3 Å². The summed E-state index contributed by atoms with van der Waals surface area (Å²) < 4.78 is 35.6. The number of anilines is 1. The lowest BCUT2D eigenvalue weighted by Crippen LogP contribution is -2.11. The maximum absolute atomic E-state index is 11.9. The molecule has 0 spiro atoms. The van der Waals surface area contributed by atoms with E-state index < -0.39 is 12.6 Å². The van der Waals surface area contributed by atoms with Gasteiger partial charge < -0.3 is 11.1 Å². The fraction of sp³-hybridized carbons (Fsp3) is 0.364. The molecule has 0 radical (unpaired) electrons. The predicted octanol–water partition coefficient (Wildman–Crippen LogP) is 3.08. The molecule has 0 saturated carbocycles. The Morgan fingerprint density at radius 2 is 1.82 bits per heavy atom. The first-order valence-corrected chi connectivity index (χ1v) is 5.50. The topological polar surface area (TPSA) is 38.0 Å². The van der Waals surface area contributed by atoms with Crippen LogP contribution in [0.5, 0.6) is 0 Å². The third kappa shape index (κ3) is 5.53. The minimum absolute atomic E-state index is 0.0561. The number of benzene rings is 1. The zero-order valence-electron chi connectivity index (χ0n) is 9.05. The van der Waals surface area contributed by atoms with Crippen LogP contribution in [0.25, 0.3) is 0 Å². The molecule has 0 aromatic heterocycles. The first-order valence-electron chi connectivity index (χ1n) is 5.09. The number of alkyl halides is 3. The number of rotatable bonds is 5. The lowest BCUT2D eigenvalue weighted by Gasteiger charge is -2.08. The van der Waals surface area contributed by atoms with E-state index in [1.165, 1.54) is 0 Å². The third-order valence-electron chi connectivity index (χ3n) is 2.14. The van der Waals surface area contributed by atoms with Gasteiger partial charge in [-0.15, -0.1) is 0 Å². The molecule has 17 heavy (non-hydrogen) atoms. The molecule has 6 heteroatoms. The Morgan fingerprint density at radius 3 is 2.29 bits per heavy atom. The summed E-state index contributed by atoms with van der Waals surface area (Å²) in [7, 11) is 0. The van der Waals surface area contributed by atoms with Crippen molar-refractivity contribution in [1.29, 1.82) is 0 Å². The molecule has 0 aliphatic rings. The monoisotopic (exact) mass is 262 g/mol. The minimum Gasteiger partial charge on any atom is -0.389 e. The summed E-state index contributed by atoms with van der Waals surface area (Å²) in [5, 5.41) is 2.90. The van der Waals surface area contributed by atoms with Crippen LogP contribution in [0.4, 0.5) is 18.9 Å². The van der Waals surface area contributed by atoms with Crippen LogP contribution < -0.4 is 11.1 Å². The predicted molar refractivity (Wildman–Crippen MR) is 66.1 cm³/mol. The zero-order valence-corrected chi connectivity index (χ0v) is 9.87. The fourth-order valence-electron chi connectivity index (χ4n) is 1.27. The van der Waals surface area contributed by atoms with Crippen LogP contribution in [-0.4, -0.2) is 17.7 Å². The van der Waals surface area contributed by atoms with Crippen molar-refractivity contribution >= 4 is 22.9 Å². The summed E-state index contributed by atoms with van der Waals surface area (Å²) in [4.78, 5) is 0.300. The number of hydrogen-bond acceptors (Lipinski definition) is 2. The van der Waals surface area contributed by atoms with Gasteiger partial charge in [0, 0.05) is 24.2 Å². The van der Waals surface area contributed by atoms with E-state index in [2.05, 4.69) is 5.32 Å². The quantitative estimate of drug-likeness (QED) is 0.632. The highest BCUT2D eigenvalue weighted by atomic mass is 32.1. The summed E-state index contributed by atoms with van der Waals surface area (Å²) >= 11 is 4.78. The number of halogens is 3. The van der Waals surface area contributed by atoms with Crippen molar-refractivity contribution in [1.82, 2.24) is 0 Å². The Labute approximate surface area is 103 Å². The lowest BCUT2D eigenvalue weighted by molar-refractivity contribution is -0.134. The molecular formula is C11H13F3N2S. The maximum Gasteiger partial charge on any atom is 0.389 e. The first-order chi connectivity index (χ1) is 7.88. The first kappa shape index (κ1) is 13.8. The highest BCUT2D eigenvalue weighted by Crippen LogP contribution is 2.21. The summed E-state index contributed by atoms with van der Waals surface area (Å²) in [6.07, 6.45) is -4.80. The van der Waals surface area contributed by atoms with Crippen LogP contribution >= 0.6 is 12.2 Å². The van der Waals surface area contributed by atoms with Crippen molar-refractivity contribution in [2.75, 3.05) is 11.9 Å². The van der Waals surface area contributed by atoms with Gasteiger partial charge in [-0.25, -0.2) is 0 Å². The van der Waals surface area contributed by atoms with E-state index in [0.29, 0.717) is 4.99 Å². The van der Waals surface area contributed by atoms with Gasteiger partial charge >= 0.3 is 6.18 Å². The van der Waals surface area contributed by atoms with Gasteiger partial charge in [0.25, 0.3) is 0 Å². The van der Waals surface area contributed by atoms with Gasteiger partial charge in [-0.1, -0.05) is 12.2 Å². The number of nitrogens with one attached hydrogen (secondary N) is 1. The summed E-state index contributed by atoms with van der Waals surface area (Å²) in [6, 6.07) is 6.94. The molecule has 1 rings (SSSR count). The van der Waals surface area contributed by atoms with Crippen molar-refractivity contribution in [2.24, 2.45) is 5.73 Å². The molecule has 0 fully saturated rings. The normalized spacial score (nSPS) is 11.2. The largest absolute Gasteiger partial charge is 0.389 e. The lowest BCUT2D eigenvalue weighted by atomic mass is 10.2. The second kappa shape index (κ2) is 5.86. The van der Waals surface area contributed by atoms with Crippen LogP contribution in [0, 0.1) is 0 Å². The van der Waals surface area contributed by atoms with Crippen molar-refractivity contribution < 1.29 is 13.2 Å². The van der Waals surface area contributed by atoms with E-state index in [4.69, 9.17) is 18.0 Å². The van der Waals surface area contributed by atoms with Crippen molar-refractivity contribution in [3.05, 3.63) is 29.8 Å². The molecule has 0 saturated heterocycles. The molecule has 94 valence electrons. The number of thiocarbonyl (C=S) groups is 1. The van der Waals surface area contributed by atoms with Gasteiger partial charge in [-0.3, -0.25) is 0 Å². The van der Waals surface area contributed by atoms with Gasteiger partial charge in [-0.05, 0) is 30.7 Å². The number of nitrogens with two attached hydrogens (primary N) is 1. The van der Waals surface area contributed by atoms with Crippen molar-refractivity contribution in [3.8, 4) is 0 Å². The Morgan fingerprint density at radius 1 is 1.24 bits per heavy atom. The molecular weight excluding hydrogens is 249 g/mol. The van der Waals surface area contributed by atoms with Crippen molar-refractivity contribution in [2.45, 2.75) is 19.0 Å². The van der Waals surface area contributed by atoms with Crippen LogP contribution in [-0.2, 0) is 0 Å². The highest BCUT2D eigenvalue weighted by molar-refractivity contribution is 7.80. The van der Waals surface area contributed by atoms with Gasteiger partial charge in [0.05, 0.1) is 0 Å². The highest BCUT2D eigenvalue weighted by Gasteiger charge is 2.25. The van der Waals surface area contributed by atoms with Crippen LogP contribution in [0.2, 0.25) is 0 Å². The minimum atomic E-state index is -4.09. The summed E-state index contributed by atoms with van der Waals surface area (Å²) in [5.74, 6) is 0. The molecule has 0 amide bonds. The molecule has 2 nitrogen and oxygen atoms in total. The van der Waals surface area contributed by atoms with E-state index in [0.717, 1.165) is 11.3 Å². The summed E-state index contributed by atoms with van der Waals surface area (Å²) in [6.45, 7) is 0.284. The average molecular weight is 262 g/mol. The Bertz CT molecular complexity index is 373. The van der Waals surface area contributed by atoms with E-state index in [1.54, 1.807) is 24.3 Å². The van der Waals surface area contributed by atoms with Gasteiger partial charge in [0.1, 0.15) is 4.99 Å². The summed E-state index contributed by atoms with van der Waals surface area (Å²) in [5.41, 5.74) is 6.91. The molecule has 0 unspecified atom stereocenters.